The molecular formula is C17H26N4. The summed E-state index contributed by atoms with van der Waals surface area (Å²) in [6.45, 7) is 9.95. The molecule has 1 aliphatic heterocycles. The summed E-state index contributed by atoms with van der Waals surface area (Å²) in [7, 11) is 0. The molecule has 114 valence electrons. The van der Waals surface area contributed by atoms with Crippen LogP contribution in [0.4, 0.5) is 0 Å². The first-order chi connectivity index (χ1) is 10.3. The lowest BCUT2D eigenvalue weighted by atomic mass is 10.3. The summed E-state index contributed by atoms with van der Waals surface area (Å²) in [6.07, 6.45) is 2.72. The SMILES string of the molecule is CCn1c(CNC(C)CN2CCCC2)nc2ccccc21. The lowest BCUT2D eigenvalue weighted by Gasteiger charge is -2.21. The van der Waals surface area contributed by atoms with Gasteiger partial charge in [0.05, 0.1) is 17.6 Å². The van der Waals surface area contributed by atoms with Crippen molar-refractivity contribution >= 4 is 11.0 Å². The number of aryl methyl sites for hydroxylation is 1. The van der Waals surface area contributed by atoms with Crippen molar-refractivity contribution < 1.29 is 0 Å². The number of rotatable bonds is 6. The highest BCUT2D eigenvalue weighted by molar-refractivity contribution is 5.75. The van der Waals surface area contributed by atoms with Crippen LogP contribution < -0.4 is 5.32 Å². The highest BCUT2D eigenvalue weighted by atomic mass is 15.2. The minimum atomic E-state index is 0.508. The van der Waals surface area contributed by atoms with E-state index in [4.69, 9.17) is 4.98 Å². The van der Waals surface area contributed by atoms with Gasteiger partial charge in [0, 0.05) is 19.1 Å². The molecule has 1 aromatic heterocycles. The van der Waals surface area contributed by atoms with Gasteiger partial charge in [-0.3, -0.25) is 0 Å². The molecule has 21 heavy (non-hydrogen) atoms. The monoisotopic (exact) mass is 286 g/mol. The molecule has 0 saturated carbocycles. The van der Waals surface area contributed by atoms with E-state index in [0.717, 1.165) is 31.0 Å². The number of fused-ring (bicyclic) bond motifs is 1. The van der Waals surface area contributed by atoms with E-state index in [1.807, 2.05) is 0 Å². The predicted molar refractivity (Wildman–Crippen MR) is 87.4 cm³/mol. The van der Waals surface area contributed by atoms with Crippen LogP contribution in [0.25, 0.3) is 11.0 Å². The summed E-state index contributed by atoms with van der Waals surface area (Å²) < 4.78 is 2.31. The molecule has 2 heterocycles. The molecule has 2 aromatic rings. The maximum Gasteiger partial charge on any atom is 0.123 e. The Balaban J connectivity index is 1.64. The van der Waals surface area contributed by atoms with Crippen LogP contribution in [-0.4, -0.2) is 40.1 Å². The Hall–Kier alpha value is -1.39. The van der Waals surface area contributed by atoms with Gasteiger partial charge in [0.1, 0.15) is 5.82 Å². The summed E-state index contributed by atoms with van der Waals surface area (Å²) in [5.41, 5.74) is 2.34. The number of hydrogen-bond donors (Lipinski definition) is 1. The van der Waals surface area contributed by atoms with Gasteiger partial charge in [0.15, 0.2) is 0 Å². The van der Waals surface area contributed by atoms with Gasteiger partial charge < -0.3 is 14.8 Å². The minimum Gasteiger partial charge on any atom is -0.327 e. The first-order valence-corrected chi connectivity index (χ1v) is 8.18. The van der Waals surface area contributed by atoms with Crippen LogP contribution in [0, 0.1) is 0 Å². The molecule has 1 aromatic carbocycles. The Morgan fingerprint density at radius 2 is 2.00 bits per heavy atom. The number of aromatic nitrogens is 2. The Morgan fingerprint density at radius 1 is 1.24 bits per heavy atom. The molecule has 1 fully saturated rings. The van der Waals surface area contributed by atoms with Crippen molar-refractivity contribution in [2.24, 2.45) is 0 Å². The van der Waals surface area contributed by atoms with Crippen LogP contribution in [0.1, 0.15) is 32.5 Å². The lowest BCUT2D eigenvalue weighted by molar-refractivity contribution is 0.297. The van der Waals surface area contributed by atoms with Gasteiger partial charge in [-0.05, 0) is 51.9 Å². The van der Waals surface area contributed by atoms with E-state index in [2.05, 4.69) is 52.9 Å². The van der Waals surface area contributed by atoms with E-state index in [1.165, 1.54) is 31.4 Å². The van der Waals surface area contributed by atoms with Crippen LogP contribution in [0.15, 0.2) is 24.3 Å². The molecule has 3 rings (SSSR count). The maximum atomic E-state index is 4.77. The molecule has 1 aliphatic rings. The summed E-state index contributed by atoms with van der Waals surface area (Å²) in [5.74, 6) is 1.15. The van der Waals surface area contributed by atoms with Gasteiger partial charge in [0.2, 0.25) is 0 Å². The Labute approximate surface area is 127 Å². The molecule has 0 aliphatic carbocycles. The van der Waals surface area contributed by atoms with Gasteiger partial charge in [-0.25, -0.2) is 4.98 Å². The van der Waals surface area contributed by atoms with Crippen molar-refractivity contribution in [3.8, 4) is 0 Å². The van der Waals surface area contributed by atoms with Gasteiger partial charge in [-0.2, -0.15) is 0 Å². The Kier molecular flexibility index (Phi) is 4.56. The Bertz CT molecular complexity index is 583. The van der Waals surface area contributed by atoms with Gasteiger partial charge in [-0.15, -0.1) is 0 Å². The van der Waals surface area contributed by atoms with Gasteiger partial charge >= 0.3 is 0 Å². The molecule has 1 saturated heterocycles. The van der Waals surface area contributed by atoms with Crippen LogP contribution in [0.3, 0.4) is 0 Å². The average molecular weight is 286 g/mol. The summed E-state index contributed by atoms with van der Waals surface area (Å²) in [6, 6.07) is 8.90. The third-order valence-corrected chi connectivity index (χ3v) is 4.39. The maximum absolute atomic E-state index is 4.77. The molecular weight excluding hydrogens is 260 g/mol. The highest BCUT2D eigenvalue weighted by Crippen LogP contribution is 2.16. The van der Waals surface area contributed by atoms with E-state index < -0.39 is 0 Å². The fourth-order valence-corrected chi connectivity index (χ4v) is 3.30. The number of para-hydroxylation sites is 2. The number of nitrogens with one attached hydrogen (secondary N) is 1. The van der Waals surface area contributed by atoms with E-state index in [-0.39, 0.29) is 0 Å². The second-order valence-corrected chi connectivity index (χ2v) is 6.05. The van der Waals surface area contributed by atoms with Crippen molar-refractivity contribution in [3.05, 3.63) is 30.1 Å². The summed E-state index contributed by atoms with van der Waals surface area (Å²) in [4.78, 5) is 7.33. The van der Waals surface area contributed by atoms with Crippen molar-refractivity contribution in [1.82, 2.24) is 19.8 Å². The largest absolute Gasteiger partial charge is 0.327 e. The van der Waals surface area contributed by atoms with Gasteiger partial charge in [0.25, 0.3) is 0 Å². The second-order valence-electron chi connectivity index (χ2n) is 6.05. The molecule has 4 heteroatoms. The van der Waals surface area contributed by atoms with Gasteiger partial charge in [-0.1, -0.05) is 12.1 Å². The highest BCUT2D eigenvalue weighted by Gasteiger charge is 2.15. The molecule has 0 amide bonds. The normalized spacial score (nSPS) is 17.6. The third-order valence-electron chi connectivity index (χ3n) is 4.39. The molecule has 4 nitrogen and oxygen atoms in total. The number of benzene rings is 1. The quantitative estimate of drug-likeness (QED) is 0.886. The topological polar surface area (TPSA) is 33.1 Å². The smallest absolute Gasteiger partial charge is 0.123 e. The number of imidazole rings is 1. The summed E-state index contributed by atoms with van der Waals surface area (Å²) in [5, 5.41) is 3.64. The minimum absolute atomic E-state index is 0.508. The van der Waals surface area contributed by atoms with Crippen molar-refractivity contribution in [3.63, 3.8) is 0 Å². The van der Waals surface area contributed by atoms with E-state index in [9.17, 15) is 0 Å². The van der Waals surface area contributed by atoms with E-state index >= 15 is 0 Å². The van der Waals surface area contributed by atoms with E-state index in [0.29, 0.717) is 6.04 Å². The fourth-order valence-electron chi connectivity index (χ4n) is 3.30. The van der Waals surface area contributed by atoms with Crippen LogP contribution in [-0.2, 0) is 13.1 Å². The number of likely N-dealkylation sites (tertiary alicyclic amines) is 1. The third kappa shape index (κ3) is 3.27. The second kappa shape index (κ2) is 6.58. The first kappa shape index (κ1) is 14.5. The lowest BCUT2D eigenvalue weighted by Crippen LogP contribution is -2.38. The molecule has 0 bridgehead atoms. The standard InChI is InChI=1S/C17H26N4/c1-3-21-16-9-5-4-8-15(16)19-17(21)12-18-14(2)13-20-10-6-7-11-20/h4-5,8-9,14,18H,3,6-7,10-13H2,1-2H3. The Morgan fingerprint density at radius 3 is 2.76 bits per heavy atom. The molecule has 0 radical (unpaired) electrons. The summed E-state index contributed by atoms with van der Waals surface area (Å²) >= 11 is 0. The first-order valence-electron chi connectivity index (χ1n) is 8.18. The molecule has 0 spiro atoms. The van der Waals surface area contributed by atoms with Crippen molar-refractivity contribution in [2.75, 3.05) is 19.6 Å². The van der Waals surface area contributed by atoms with Crippen molar-refractivity contribution in [1.29, 1.82) is 0 Å². The molecule has 1 unspecified atom stereocenters. The molecule has 1 atom stereocenters. The van der Waals surface area contributed by atoms with Crippen LogP contribution in [0.5, 0.6) is 0 Å². The predicted octanol–water partition coefficient (Wildman–Crippen LogP) is 2.63. The number of hydrogen-bond acceptors (Lipinski definition) is 3. The van der Waals surface area contributed by atoms with Crippen molar-refractivity contribution in [2.45, 2.75) is 45.8 Å². The van der Waals surface area contributed by atoms with Crippen LogP contribution >= 0.6 is 0 Å². The molecule has 1 N–H and O–H groups in total. The fraction of sp³-hybridized carbons (Fsp3) is 0.588. The zero-order chi connectivity index (χ0) is 14.7. The van der Waals surface area contributed by atoms with E-state index in [1.54, 1.807) is 0 Å². The van der Waals surface area contributed by atoms with Crippen LogP contribution in [0.2, 0.25) is 0 Å². The number of nitrogens with zero attached hydrogens (tertiary/aromatic N) is 3. The average Bonchev–Trinajstić information content (AvgIpc) is 3.11. The zero-order valence-electron chi connectivity index (χ0n) is 13.2. The zero-order valence-corrected chi connectivity index (χ0v) is 13.2.